The molecule has 3 fully saturated rings. The molecule has 3 atom stereocenters. The molecule has 3 aliphatic rings. The highest BCUT2D eigenvalue weighted by Gasteiger charge is 2.45. The molecule has 2 saturated heterocycles. The van der Waals surface area contributed by atoms with E-state index in [0.717, 1.165) is 44.9 Å². The van der Waals surface area contributed by atoms with Crippen LogP contribution in [-0.2, 0) is 4.74 Å². The number of rotatable bonds is 3. The summed E-state index contributed by atoms with van der Waals surface area (Å²) in [6.45, 7) is 2.58. The van der Waals surface area contributed by atoms with Crippen LogP contribution in [0.4, 0.5) is 0 Å². The number of likely N-dealkylation sites (tertiary alicyclic amines) is 1. The number of hydrogen-bond donors (Lipinski definition) is 1. The Morgan fingerprint density at radius 3 is 2.86 bits per heavy atom. The number of piperidine rings is 1. The molecule has 1 amide bonds. The van der Waals surface area contributed by atoms with Crippen LogP contribution in [0.1, 0.15) is 36.2 Å². The van der Waals surface area contributed by atoms with Gasteiger partial charge < -0.3 is 15.0 Å². The highest BCUT2D eigenvalue weighted by molar-refractivity contribution is 5.92. The first-order valence-electron chi connectivity index (χ1n) is 8.39. The maximum Gasteiger partial charge on any atom is 0.272 e. The molecule has 118 valence electrons. The number of amides is 1. The topological polar surface area (TPSA) is 54.5 Å². The van der Waals surface area contributed by atoms with E-state index in [1.54, 1.807) is 12.3 Å². The third-order valence-corrected chi connectivity index (χ3v) is 5.38. The van der Waals surface area contributed by atoms with Gasteiger partial charge in [0.15, 0.2) is 0 Å². The Labute approximate surface area is 131 Å². The zero-order valence-electron chi connectivity index (χ0n) is 12.8. The Morgan fingerprint density at radius 2 is 2.14 bits per heavy atom. The Bertz CT molecular complexity index is 528. The number of nitrogens with one attached hydrogen (secondary N) is 1. The van der Waals surface area contributed by atoms with Gasteiger partial charge in [-0.1, -0.05) is 6.07 Å². The fraction of sp³-hybridized carbons (Fsp3) is 0.647. The highest BCUT2D eigenvalue weighted by Crippen LogP contribution is 2.39. The third kappa shape index (κ3) is 2.63. The second-order valence-corrected chi connectivity index (χ2v) is 6.65. The summed E-state index contributed by atoms with van der Waals surface area (Å²) >= 11 is 0. The summed E-state index contributed by atoms with van der Waals surface area (Å²) in [5.41, 5.74) is 0.554. The average Bonchev–Trinajstić information content (AvgIpc) is 2.94. The molecular weight excluding hydrogens is 278 g/mol. The Hall–Kier alpha value is -1.46. The third-order valence-electron chi connectivity index (χ3n) is 5.38. The zero-order valence-corrected chi connectivity index (χ0v) is 12.8. The SMILES string of the molecule is O=C(c1ccccn1)N1CCC(N[C@@H]2C[C@@H]3OCC[C@@H]32)CC1. The van der Waals surface area contributed by atoms with Crippen molar-refractivity contribution in [1.29, 1.82) is 0 Å². The molecule has 22 heavy (non-hydrogen) atoms. The van der Waals surface area contributed by atoms with E-state index >= 15 is 0 Å². The summed E-state index contributed by atoms with van der Waals surface area (Å²) in [5.74, 6) is 0.792. The van der Waals surface area contributed by atoms with E-state index in [0.29, 0.717) is 23.9 Å². The first kappa shape index (κ1) is 14.2. The molecule has 1 N–H and O–H groups in total. The Balaban J connectivity index is 1.27. The quantitative estimate of drug-likeness (QED) is 0.918. The predicted molar refractivity (Wildman–Crippen MR) is 82.6 cm³/mol. The van der Waals surface area contributed by atoms with E-state index in [1.807, 2.05) is 17.0 Å². The van der Waals surface area contributed by atoms with Gasteiger partial charge in [-0.2, -0.15) is 0 Å². The van der Waals surface area contributed by atoms with Crippen LogP contribution in [0.25, 0.3) is 0 Å². The van der Waals surface area contributed by atoms with Crippen molar-refractivity contribution < 1.29 is 9.53 Å². The van der Waals surface area contributed by atoms with Gasteiger partial charge in [0.2, 0.25) is 0 Å². The smallest absolute Gasteiger partial charge is 0.272 e. The molecule has 2 aliphatic heterocycles. The largest absolute Gasteiger partial charge is 0.378 e. The van der Waals surface area contributed by atoms with E-state index in [-0.39, 0.29) is 5.91 Å². The number of carbonyl (C=O) groups is 1. The summed E-state index contributed by atoms with van der Waals surface area (Å²) in [7, 11) is 0. The Kier molecular flexibility index (Phi) is 3.84. The van der Waals surface area contributed by atoms with Crippen molar-refractivity contribution in [3.8, 4) is 0 Å². The molecular formula is C17H23N3O2. The Morgan fingerprint density at radius 1 is 1.27 bits per heavy atom. The van der Waals surface area contributed by atoms with Crippen molar-refractivity contribution in [2.24, 2.45) is 5.92 Å². The molecule has 0 bridgehead atoms. The molecule has 0 aromatic carbocycles. The standard InChI is InChI=1S/C17H23N3O2/c21-17(14-3-1-2-7-18-14)20-8-4-12(5-9-20)19-15-11-16-13(15)6-10-22-16/h1-3,7,12-13,15-16,19H,4-6,8-11H2/t13-,15-,16+/m1/s1. The minimum absolute atomic E-state index is 0.0620. The van der Waals surface area contributed by atoms with Crippen molar-refractivity contribution in [3.05, 3.63) is 30.1 Å². The molecule has 1 aliphatic carbocycles. The van der Waals surface area contributed by atoms with Crippen molar-refractivity contribution in [3.63, 3.8) is 0 Å². The molecule has 4 rings (SSSR count). The monoisotopic (exact) mass is 301 g/mol. The number of ether oxygens (including phenoxy) is 1. The number of carbonyl (C=O) groups excluding carboxylic acids is 1. The van der Waals surface area contributed by atoms with Gasteiger partial charge in [0.25, 0.3) is 5.91 Å². The van der Waals surface area contributed by atoms with Crippen LogP contribution in [0.3, 0.4) is 0 Å². The predicted octanol–water partition coefficient (Wildman–Crippen LogP) is 1.45. The van der Waals surface area contributed by atoms with Gasteiger partial charge in [0.1, 0.15) is 5.69 Å². The number of aromatic nitrogens is 1. The lowest BCUT2D eigenvalue weighted by molar-refractivity contribution is 0.00103. The van der Waals surface area contributed by atoms with Crippen molar-refractivity contribution in [2.75, 3.05) is 19.7 Å². The molecule has 1 aromatic heterocycles. The maximum atomic E-state index is 12.4. The maximum absolute atomic E-state index is 12.4. The van der Waals surface area contributed by atoms with E-state index in [2.05, 4.69) is 10.3 Å². The molecule has 5 heteroatoms. The first-order valence-corrected chi connectivity index (χ1v) is 8.39. The molecule has 0 spiro atoms. The minimum Gasteiger partial charge on any atom is -0.378 e. The number of pyridine rings is 1. The normalized spacial score (nSPS) is 31.6. The zero-order chi connectivity index (χ0) is 14.9. The fourth-order valence-electron chi connectivity index (χ4n) is 3.99. The number of hydrogen-bond acceptors (Lipinski definition) is 4. The molecule has 3 heterocycles. The van der Waals surface area contributed by atoms with Gasteiger partial charge in [-0.25, -0.2) is 0 Å². The molecule has 0 radical (unpaired) electrons. The number of fused-ring (bicyclic) bond motifs is 1. The minimum atomic E-state index is 0.0620. The van der Waals surface area contributed by atoms with Crippen LogP contribution >= 0.6 is 0 Å². The molecule has 1 saturated carbocycles. The second kappa shape index (κ2) is 5.97. The summed E-state index contributed by atoms with van der Waals surface area (Å²) in [5, 5.41) is 3.79. The second-order valence-electron chi connectivity index (χ2n) is 6.65. The molecule has 5 nitrogen and oxygen atoms in total. The van der Waals surface area contributed by atoms with Crippen LogP contribution in [-0.4, -0.2) is 53.7 Å². The lowest BCUT2D eigenvalue weighted by atomic mass is 9.75. The van der Waals surface area contributed by atoms with E-state index in [9.17, 15) is 4.79 Å². The lowest BCUT2D eigenvalue weighted by Gasteiger charge is -2.43. The van der Waals surface area contributed by atoms with Gasteiger partial charge in [-0.15, -0.1) is 0 Å². The van der Waals surface area contributed by atoms with Crippen LogP contribution in [0, 0.1) is 5.92 Å². The summed E-state index contributed by atoms with van der Waals surface area (Å²) in [4.78, 5) is 18.5. The van der Waals surface area contributed by atoms with Gasteiger partial charge in [-0.05, 0) is 37.8 Å². The van der Waals surface area contributed by atoms with Crippen LogP contribution in [0.15, 0.2) is 24.4 Å². The van der Waals surface area contributed by atoms with E-state index < -0.39 is 0 Å². The summed E-state index contributed by atoms with van der Waals surface area (Å²) in [6, 6.07) is 6.67. The van der Waals surface area contributed by atoms with Crippen molar-refractivity contribution in [1.82, 2.24) is 15.2 Å². The van der Waals surface area contributed by atoms with Crippen LogP contribution in [0.5, 0.6) is 0 Å². The molecule has 0 unspecified atom stereocenters. The fourth-order valence-corrected chi connectivity index (χ4v) is 3.99. The van der Waals surface area contributed by atoms with Gasteiger partial charge in [0, 0.05) is 43.9 Å². The van der Waals surface area contributed by atoms with E-state index in [1.165, 1.54) is 6.42 Å². The van der Waals surface area contributed by atoms with Crippen molar-refractivity contribution in [2.45, 2.75) is 43.9 Å². The van der Waals surface area contributed by atoms with E-state index in [4.69, 9.17) is 4.74 Å². The number of nitrogens with zero attached hydrogens (tertiary/aromatic N) is 2. The molecule has 1 aromatic rings. The first-order chi connectivity index (χ1) is 10.8. The van der Waals surface area contributed by atoms with Gasteiger partial charge in [-0.3, -0.25) is 9.78 Å². The summed E-state index contributed by atoms with van der Waals surface area (Å²) < 4.78 is 5.67. The van der Waals surface area contributed by atoms with Crippen LogP contribution in [0.2, 0.25) is 0 Å². The van der Waals surface area contributed by atoms with Crippen molar-refractivity contribution >= 4 is 5.91 Å². The van der Waals surface area contributed by atoms with Gasteiger partial charge in [0.05, 0.1) is 6.10 Å². The van der Waals surface area contributed by atoms with Gasteiger partial charge >= 0.3 is 0 Å². The van der Waals surface area contributed by atoms with Crippen LogP contribution < -0.4 is 5.32 Å². The average molecular weight is 301 g/mol. The lowest BCUT2D eigenvalue weighted by Crippen LogP contribution is -2.56. The highest BCUT2D eigenvalue weighted by atomic mass is 16.5. The summed E-state index contributed by atoms with van der Waals surface area (Å²) in [6.07, 6.45) is 6.64.